The van der Waals surface area contributed by atoms with Gasteiger partial charge in [0.25, 0.3) is 0 Å². The maximum absolute atomic E-state index is 4.03. The van der Waals surface area contributed by atoms with Crippen molar-refractivity contribution in [3.8, 4) is 0 Å². The fourth-order valence-electron chi connectivity index (χ4n) is 1.02. The summed E-state index contributed by atoms with van der Waals surface area (Å²) in [6.45, 7) is 1.89. The highest BCUT2D eigenvalue weighted by atomic mass is 15.2. The minimum absolute atomic E-state index is 1.16. The van der Waals surface area contributed by atoms with Crippen LogP contribution in [0.4, 0.5) is 0 Å². The summed E-state index contributed by atoms with van der Waals surface area (Å²) in [4.78, 5) is 0. The third-order valence-electron chi connectivity index (χ3n) is 1.50. The van der Waals surface area contributed by atoms with E-state index in [1.54, 1.807) is 6.21 Å². The lowest BCUT2D eigenvalue weighted by Gasteiger charge is -1.85. The summed E-state index contributed by atoms with van der Waals surface area (Å²) in [7, 11) is 0. The highest BCUT2D eigenvalue weighted by molar-refractivity contribution is 5.86. The van der Waals surface area contributed by atoms with E-state index in [1.807, 2.05) is 6.92 Å². The standard InChI is InChI=1S/C7H12N2/c1-2-8-9-7-5-3-4-6-7/h2H,3-6H2,1H3/b8-2+. The molecule has 1 rings (SSSR count). The zero-order chi connectivity index (χ0) is 6.53. The summed E-state index contributed by atoms with van der Waals surface area (Å²) >= 11 is 0. The van der Waals surface area contributed by atoms with Crippen LogP contribution >= 0.6 is 0 Å². The van der Waals surface area contributed by atoms with Crippen molar-refractivity contribution in [3.05, 3.63) is 0 Å². The zero-order valence-electron chi connectivity index (χ0n) is 5.80. The molecule has 1 fully saturated rings. The van der Waals surface area contributed by atoms with Crippen LogP contribution in [-0.4, -0.2) is 11.9 Å². The molecule has 0 bridgehead atoms. The molecule has 0 N–H and O–H groups in total. The molecule has 0 saturated heterocycles. The van der Waals surface area contributed by atoms with Crippen molar-refractivity contribution in [3.63, 3.8) is 0 Å². The van der Waals surface area contributed by atoms with Crippen molar-refractivity contribution in [1.29, 1.82) is 0 Å². The van der Waals surface area contributed by atoms with E-state index in [9.17, 15) is 0 Å². The largest absolute Gasteiger partial charge is 0.164 e. The van der Waals surface area contributed by atoms with E-state index < -0.39 is 0 Å². The average Bonchev–Trinajstić information content (AvgIpc) is 2.34. The predicted octanol–water partition coefficient (Wildman–Crippen LogP) is 2.01. The Bertz CT molecular complexity index is 128. The summed E-state index contributed by atoms with van der Waals surface area (Å²) in [5.74, 6) is 0. The highest BCUT2D eigenvalue weighted by Crippen LogP contribution is 2.14. The Kier molecular flexibility index (Phi) is 2.43. The molecular formula is C7H12N2. The summed E-state index contributed by atoms with van der Waals surface area (Å²) in [5, 5.41) is 7.84. The molecule has 0 aliphatic heterocycles. The van der Waals surface area contributed by atoms with Crippen LogP contribution in [-0.2, 0) is 0 Å². The van der Waals surface area contributed by atoms with E-state index in [0.29, 0.717) is 0 Å². The van der Waals surface area contributed by atoms with Crippen molar-refractivity contribution in [1.82, 2.24) is 0 Å². The Morgan fingerprint density at radius 3 is 2.56 bits per heavy atom. The smallest absolute Gasteiger partial charge is 0.0405 e. The molecule has 0 spiro atoms. The first-order valence-electron chi connectivity index (χ1n) is 3.47. The van der Waals surface area contributed by atoms with Gasteiger partial charge >= 0.3 is 0 Å². The Morgan fingerprint density at radius 1 is 1.33 bits per heavy atom. The summed E-state index contributed by atoms with van der Waals surface area (Å²) in [6.07, 6.45) is 6.66. The van der Waals surface area contributed by atoms with Crippen molar-refractivity contribution < 1.29 is 0 Å². The lowest BCUT2D eigenvalue weighted by atomic mass is 10.3. The van der Waals surface area contributed by atoms with Gasteiger partial charge in [-0.25, -0.2) is 0 Å². The second kappa shape index (κ2) is 3.38. The average molecular weight is 124 g/mol. The Hall–Kier alpha value is -0.660. The molecule has 0 heterocycles. The Labute approximate surface area is 55.7 Å². The molecular weight excluding hydrogens is 112 g/mol. The fourth-order valence-corrected chi connectivity index (χ4v) is 1.02. The lowest BCUT2D eigenvalue weighted by molar-refractivity contribution is 0.886. The van der Waals surface area contributed by atoms with Crippen LogP contribution < -0.4 is 0 Å². The van der Waals surface area contributed by atoms with Gasteiger partial charge in [-0.2, -0.15) is 10.2 Å². The molecule has 50 valence electrons. The summed E-state index contributed by atoms with van der Waals surface area (Å²) < 4.78 is 0. The Morgan fingerprint density at radius 2 is 2.00 bits per heavy atom. The zero-order valence-corrected chi connectivity index (χ0v) is 5.80. The van der Waals surface area contributed by atoms with Gasteiger partial charge in [0.1, 0.15) is 0 Å². The lowest BCUT2D eigenvalue weighted by Crippen LogP contribution is -1.85. The van der Waals surface area contributed by atoms with Gasteiger partial charge < -0.3 is 0 Å². The quantitative estimate of drug-likeness (QED) is 0.377. The topological polar surface area (TPSA) is 24.7 Å². The molecule has 1 aliphatic carbocycles. The van der Waals surface area contributed by atoms with Gasteiger partial charge in [-0.3, -0.25) is 0 Å². The van der Waals surface area contributed by atoms with Crippen molar-refractivity contribution in [2.75, 3.05) is 0 Å². The van der Waals surface area contributed by atoms with Crippen LogP contribution in [0.2, 0.25) is 0 Å². The Balaban J connectivity index is 2.39. The molecule has 9 heavy (non-hydrogen) atoms. The molecule has 0 aromatic carbocycles. The normalized spacial score (nSPS) is 19.4. The van der Waals surface area contributed by atoms with Crippen molar-refractivity contribution in [2.45, 2.75) is 32.6 Å². The van der Waals surface area contributed by atoms with Crippen LogP contribution in [0.25, 0.3) is 0 Å². The second-order valence-electron chi connectivity index (χ2n) is 2.25. The van der Waals surface area contributed by atoms with Crippen LogP contribution in [0.15, 0.2) is 10.2 Å². The first-order valence-corrected chi connectivity index (χ1v) is 3.47. The third-order valence-corrected chi connectivity index (χ3v) is 1.50. The maximum atomic E-state index is 4.03. The highest BCUT2D eigenvalue weighted by Gasteiger charge is 2.06. The molecule has 0 amide bonds. The van der Waals surface area contributed by atoms with Crippen LogP contribution in [0.3, 0.4) is 0 Å². The van der Waals surface area contributed by atoms with Gasteiger partial charge in [-0.15, -0.1) is 0 Å². The molecule has 1 saturated carbocycles. The van der Waals surface area contributed by atoms with Gasteiger partial charge in [0, 0.05) is 11.9 Å². The van der Waals surface area contributed by atoms with E-state index in [4.69, 9.17) is 0 Å². The number of nitrogens with zero attached hydrogens (tertiary/aromatic N) is 2. The number of rotatable bonds is 1. The van der Waals surface area contributed by atoms with E-state index in [2.05, 4.69) is 10.2 Å². The van der Waals surface area contributed by atoms with Gasteiger partial charge in [-0.05, 0) is 32.6 Å². The molecule has 1 aliphatic rings. The molecule has 0 unspecified atom stereocenters. The molecule has 2 heteroatoms. The summed E-state index contributed by atoms with van der Waals surface area (Å²) in [5.41, 5.74) is 1.27. The van der Waals surface area contributed by atoms with Crippen molar-refractivity contribution in [2.24, 2.45) is 10.2 Å². The SMILES string of the molecule is C/C=N/N=C1CCCC1. The first kappa shape index (κ1) is 6.46. The van der Waals surface area contributed by atoms with Crippen LogP contribution in [0, 0.1) is 0 Å². The molecule has 2 nitrogen and oxygen atoms in total. The first-order chi connectivity index (χ1) is 4.43. The number of hydrogen-bond acceptors (Lipinski definition) is 2. The molecule has 0 atom stereocenters. The second-order valence-corrected chi connectivity index (χ2v) is 2.25. The number of hydrogen-bond donors (Lipinski definition) is 0. The van der Waals surface area contributed by atoms with Gasteiger partial charge in [-0.1, -0.05) is 0 Å². The van der Waals surface area contributed by atoms with Crippen LogP contribution in [0.5, 0.6) is 0 Å². The monoisotopic (exact) mass is 124 g/mol. The minimum Gasteiger partial charge on any atom is -0.164 e. The van der Waals surface area contributed by atoms with Gasteiger partial charge in [0.05, 0.1) is 0 Å². The van der Waals surface area contributed by atoms with E-state index in [-0.39, 0.29) is 0 Å². The van der Waals surface area contributed by atoms with Gasteiger partial charge in [0.15, 0.2) is 0 Å². The van der Waals surface area contributed by atoms with E-state index in [1.165, 1.54) is 18.6 Å². The van der Waals surface area contributed by atoms with Crippen molar-refractivity contribution >= 4 is 11.9 Å². The minimum atomic E-state index is 1.16. The van der Waals surface area contributed by atoms with Crippen LogP contribution in [0.1, 0.15) is 32.6 Å². The molecule has 0 aromatic rings. The molecule has 0 radical (unpaired) electrons. The third kappa shape index (κ3) is 1.96. The fraction of sp³-hybridized carbons (Fsp3) is 0.714. The van der Waals surface area contributed by atoms with E-state index >= 15 is 0 Å². The van der Waals surface area contributed by atoms with Gasteiger partial charge in [0.2, 0.25) is 0 Å². The predicted molar refractivity (Wildman–Crippen MR) is 40.1 cm³/mol. The summed E-state index contributed by atoms with van der Waals surface area (Å²) in [6, 6.07) is 0. The van der Waals surface area contributed by atoms with E-state index in [0.717, 1.165) is 12.8 Å². The molecule has 0 aromatic heterocycles. The maximum Gasteiger partial charge on any atom is 0.0405 e.